The molecule has 3 N–H and O–H groups in total. The SMILES string of the molecule is CC(C)(C)c1ccc(O)c(NC(=S)NC(=O)COc2ccc3ccccc3c2)c1. The fourth-order valence-electron chi connectivity index (χ4n) is 2.83. The first kappa shape index (κ1) is 20.6. The van der Waals surface area contributed by atoms with Gasteiger partial charge in [-0.1, -0.05) is 57.2 Å². The normalized spacial score (nSPS) is 11.1. The van der Waals surface area contributed by atoms with Crippen LogP contribution in [-0.4, -0.2) is 22.7 Å². The summed E-state index contributed by atoms with van der Waals surface area (Å²) in [4.78, 5) is 12.2. The molecule has 0 heterocycles. The topological polar surface area (TPSA) is 70.6 Å². The summed E-state index contributed by atoms with van der Waals surface area (Å²) < 4.78 is 5.57. The Morgan fingerprint density at radius 1 is 1.03 bits per heavy atom. The number of amides is 1. The summed E-state index contributed by atoms with van der Waals surface area (Å²) in [6.07, 6.45) is 0. The molecule has 0 fully saturated rings. The van der Waals surface area contributed by atoms with Gasteiger partial charge >= 0.3 is 0 Å². The molecule has 1 amide bonds. The molecule has 0 bridgehead atoms. The van der Waals surface area contributed by atoms with Gasteiger partial charge in [0, 0.05) is 0 Å². The minimum Gasteiger partial charge on any atom is -0.506 e. The number of phenolic OH excluding ortho intramolecular Hbond substituents is 1. The highest BCUT2D eigenvalue weighted by Crippen LogP contribution is 2.30. The van der Waals surface area contributed by atoms with Crippen molar-refractivity contribution < 1.29 is 14.6 Å². The average molecular weight is 409 g/mol. The second-order valence-electron chi connectivity index (χ2n) is 7.78. The maximum Gasteiger partial charge on any atom is 0.264 e. The molecule has 3 aromatic carbocycles. The Morgan fingerprint density at radius 2 is 1.76 bits per heavy atom. The van der Waals surface area contributed by atoms with E-state index in [0.717, 1.165) is 16.3 Å². The van der Waals surface area contributed by atoms with E-state index in [2.05, 4.69) is 31.4 Å². The van der Waals surface area contributed by atoms with Crippen molar-refractivity contribution in [2.45, 2.75) is 26.2 Å². The Bertz CT molecular complexity index is 1060. The van der Waals surface area contributed by atoms with Crippen molar-refractivity contribution in [2.24, 2.45) is 0 Å². The molecule has 0 saturated carbocycles. The maximum absolute atomic E-state index is 12.2. The number of hydrogen-bond donors (Lipinski definition) is 3. The molecule has 5 nitrogen and oxygen atoms in total. The monoisotopic (exact) mass is 408 g/mol. The van der Waals surface area contributed by atoms with E-state index in [4.69, 9.17) is 17.0 Å². The quantitative estimate of drug-likeness (QED) is 0.430. The van der Waals surface area contributed by atoms with Crippen LogP contribution in [0.3, 0.4) is 0 Å². The van der Waals surface area contributed by atoms with Gasteiger partial charge in [-0.2, -0.15) is 0 Å². The lowest BCUT2D eigenvalue weighted by atomic mass is 9.87. The zero-order valence-corrected chi connectivity index (χ0v) is 17.5. The molecule has 0 spiro atoms. The van der Waals surface area contributed by atoms with E-state index < -0.39 is 0 Å². The third-order valence-electron chi connectivity index (χ3n) is 4.45. The van der Waals surface area contributed by atoms with Gasteiger partial charge in [0.25, 0.3) is 5.91 Å². The lowest BCUT2D eigenvalue weighted by Crippen LogP contribution is -2.37. The van der Waals surface area contributed by atoms with E-state index in [9.17, 15) is 9.90 Å². The van der Waals surface area contributed by atoms with Crippen LogP contribution in [0.5, 0.6) is 11.5 Å². The number of benzene rings is 3. The second kappa shape index (κ2) is 8.49. The van der Waals surface area contributed by atoms with Crippen molar-refractivity contribution in [2.75, 3.05) is 11.9 Å². The Hall–Kier alpha value is -3.12. The van der Waals surface area contributed by atoms with Crippen molar-refractivity contribution in [3.8, 4) is 11.5 Å². The van der Waals surface area contributed by atoms with E-state index >= 15 is 0 Å². The van der Waals surface area contributed by atoms with E-state index in [-0.39, 0.29) is 28.8 Å². The first-order chi connectivity index (χ1) is 13.7. The number of aromatic hydroxyl groups is 1. The van der Waals surface area contributed by atoms with Crippen LogP contribution < -0.4 is 15.4 Å². The van der Waals surface area contributed by atoms with Gasteiger partial charge < -0.3 is 15.2 Å². The minimum atomic E-state index is -0.387. The molecule has 0 aliphatic heterocycles. The third kappa shape index (κ3) is 5.45. The number of fused-ring (bicyclic) bond motifs is 1. The van der Waals surface area contributed by atoms with Crippen LogP contribution in [0, 0.1) is 0 Å². The predicted molar refractivity (Wildman–Crippen MR) is 121 cm³/mol. The predicted octanol–water partition coefficient (Wildman–Crippen LogP) is 4.73. The second-order valence-corrected chi connectivity index (χ2v) is 8.19. The molecular formula is C23H24N2O3S. The van der Waals surface area contributed by atoms with Crippen LogP contribution in [0.1, 0.15) is 26.3 Å². The Kier molecular flexibility index (Phi) is 6.03. The molecular weight excluding hydrogens is 384 g/mol. The average Bonchev–Trinajstić information content (AvgIpc) is 2.67. The van der Waals surface area contributed by atoms with Crippen LogP contribution >= 0.6 is 12.2 Å². The number of phenols is 1. The van der Waals surface area contributed by atoms with Crippen LogP contribution in [0.4, 0.5) is 5.69 Å². The van der Waals surface area contributed by atoms with E-state index in [1.54, 1.807) is 6.07 Å². The molecule has 0 saturated heterocycles. The van der Waals surface area contributed by atoms with Crippen molar-refractivity contribution in [3.05, 3.63) is 66.2 Å². The molecule has 0 radical (unpaired) electrons. The fraction of sp³-hybridized carbons (Fsp3) is 0.217. The number of nitrogens with one attached hydrogen (secondary N) is 2. The number of ether oxygens (including phenoxy) is 1. The molecule has 0 atom stereocenters. The van der Waals surface area contributed by atoms with Crippen LogP contribution in [0.25, 0.3) is 10.8 Å². The summed E-state index contributed by atoms with van der Waals surface area (Å²) in [5.74, 6) is 0.275. The minimum absolute atomic E-state index is 0.0574. The summed E-state index contributed by atoms with van der Waals surface area (Å²) >= 11 is 5.19. The molecule has 3 rings (SSSR count). The van der Waals surface area contributed by atoms with Crippen LogP contribution in [0.15, 0.2) is 60.7 Å². The lowest BCUT2D eigenvalue weighted by molar-refractivity contribution is -0.121. The molecule has 0 aliphatic rings. The van der Waals surface area contributed by atoms with Gasteiger partial charge in [-0.3, -0.25) is 10.1 Å². The van der Waals surface area contributed by atoms with E-state index in [0.29, 0.717) is 11.4 Å². The first-order valence-corrected chi connectivity index (χ1v) is 9.69. The number of rotatable bonds is 4. The summed E-state index contributed by atoms with van der Waals surface area (Å²) in [7, 11) is 0. The number of carbonyl (C=O) groups excluding carboxylic acids is 1. The van der Waals surface area contributed by atoms with Gasteiger partial charge in [0.15, 0.2) is 11.7 Å². The Labute approximate surface area is 175 Å². The van der Waals surface area contributed by atoms with Crippen LogP contribution in [-0.2, 0) is 10.2 Å². The molecule has 6 heteroatoms. The molecule has 0 aliphatic carbocycles. The zero-order chi connectivity index (χ0) is 21.0. The molecule has 3 aromatic rings. The number of carbonyl (C=O) groups is 1. The highest BCUT2D eigenvalue weighted by molar-refractivity contribution is 7.80. The highest BCUT2D eigenvalue weighted by atomic mass is 32.1. The Morgan fingerprint density at radius 3 is 2.48 bits per heavy atom. The van der Waals surface area contributed by atoms with Gasteiger partial charge in [0.05, 0.1) is 5.69 Å². The zero-order valence-electron chi connectivity index (χ0n) is 16.7. The van der Waals surface area contributed by atoms with Crippen molar-refractivity contribution in [1.82, 2.24) is 5.32 Å². The molecule has 0 aromatic heterocycles. The molecule has 0 unspecified atom stereocenters. The lowest BCUT2D eigenvalue weighted by Gasteiger charge is -2.21. The van der Waals surface area contributed by atoms with Gasteiger partial charge in [-0.15, -0.1) is 0 Å². The van der Waals surface area contributed by atoms with Crippen LogP contribution in [0.2, 0.25) is 0 Å². The van der Waals surface area contributed by atoms with E-state index in [1.807, 2.05) is 54.6 Å². The van der Waals surface area contributed by atoms with Crippen molar-refractivity contribution in [1.29, 1.82) is 0 Å². The summed E-state index contributed by atoms with van der Waals surface area (Å²) in [6, 6.07) is 18.9. The standard InChI is InChI=1S/C23H24N2O3S/c1-23(2,3)17-9-11-20(26)19(13-17)24-22(29)25-21(27)14-28-18-10-8-15-6-4-5-7-16(15)12-18/h4-13,26H,14H2,1-3H3,(H2,24,25,27,29). The molecule has 150 valence electrons. The van der Waals surface area contributed by atoms with Gasteiger partial charge in [0.1, 0.15) is 11.5 Å². The summed E-state index contributed by atoms with van der Waals surface area (Å²) in [6.45, 7) is 6.06. The Balaban J connectivity index is 1.57. The van der Waals surface area contributed by atoms with Crippen molar-refractivity contribution >= 4 is 39.7 Å². The number of anilines is 1. The summed E-state index contributed by atoms with van der Waals surface area (Å²) in [5, 5.41) is 17.7. The smallest absolute Gasteiger partial charge is 0.264 e. The maximum atomic E-state index is 12.2. The summed E-state index contributed by atoms with van der Waals surface area (Å²) in [5.41, 5.74) is 1.40. The fourth-order valence-corrected chi connectivity index (χ4v) is 3.05. The number of hydrogen-bond acceptors (Lipinski definition) is 4. The van der Waals surface area contributed by atoms with Gasteiger partial charge in [0.2, 0.25) is 0 Å². The first-order valence-electron chi connectivity index (χ1n) is 9.28. The van der Waals surface area contributed by atoms with Gasteiger partial charge in [-0.25, -0.2) is 0 Å². The van der Waals surface area contributed by atoms with Crippen molar-refractivity contribution in [3.63, 3.8) is 0 Å². The number of thiocarbonyl (C=S) groups is 1. The van der Waals surface area contributed by atoms with Gasteiger partial charge in [-0.05, 0) is 58.2 Å². The largest absolute Gasteiger partial charge is 0.506 e. The van der Waals surface area contributed by atoms with E-state index in [1.165, 1.54) is 0 Å². The third-order valence-corrected chi connectivity index (χ3v) is 4.66. The highest BCUT2D eigenvalue weighted by Gasteiger charge is 2.16. The molecule has 29 heavy (non-hydrogen) atoms.